The lowest BCUT2D eigenvalue weighted by atomic mass is 10.0. The van der Waals surface area contributed by atoms with E-state index in [9.17, 15) is 4.79 Å². The molecule has 0 unspecified atom stereocenters. The molecule has 2 aromatic carbocycles. The van der Waals surface area contributed by atoms with E-state index in [0.717, 1.165) is 28.0 Å². The van der Waals surface area contributed by atoms with Crippen molar-refractivity contribution in [3.63, 3.8) is 0 Å². The van der Waals surface area contributed by atoms with Gasteiger partial charge in [0.2, 0.25) is 0 Å². The number of benzene rings is 2. The van der Waals surface area contributed by atoms with Crippen molar-refractivity contribution < 1.29 is 9.53 Å². The molecule has 2 aromatic rings. The minimum Gasteiger partial charge on any atom is -0.497 e. The van der Waals surface area contributed by atoms with E-state index in [1.165, 1.54) is 0 Å². The van der Waals surface area contributed by atoms with Gasteiger partial charge in [-0.1, -0.05) is 23.7 Å². The highest BCUT2D eigenvalue weighted by molar-refractivity contribution is 6.30. The summed E-state index contributed by atoms with van der Waals surface area (Å²) in [6, 6.07) is 11.5. The van der Waals surface area contributed by atoms with Crippen molar-refractivity contribution >= 4 is 17.5 Å². The SMILES string of the molecule is COc1cc(C)c2c(c1)CN([C@@H](C)c1ccc(Cl)cc1)C2=O. The third kappa shape index (κ3) is 2.46. The molecule has 0 spiro atoms. The number of carbonyl (C=O) groups excluding carboxylic acids is 1. The van der Waals surface area contributed by atoms with Crippen LogP contribution in [0.1, 0.15) is 40.0 Å². The van der Waals surface area contributed by atoms with Crippen LogP contribution in [-0.2, 0) is 6.54 Å². The van der Waals surface area contributed by atoms with E-state index < -0.39 is 0 Å². The second-order valence-electron chi connectivity index (χ2n) is 5.64. The van der Waals surface area contributed by atoms with Gasteiger partial charge < -0.3 is 9.64 Å². The lowest BCUT2D eigenvalue weighted by Gasteiger charge is -2.24. The van der Waals surface area contributed by atoms with Gasteiger partial charge in [0, 0.05) is 17.1 Å². The molecule has 1 aliphatic rings. The van der Waals surface area contributed by atoms with Crippen molar-refractivity contribution in [2.75, 3.05) is 7.11 Å². The molecule has 22 heavy (non-hydrogen) atoms. The lowest BCUT2D eigenvalue weighted by molar-refractivity contribution is 0.0715. The van der Waals surface area contributed by atoms with E-state index in [1.54, 1.807) is 7.11 Å². The smallest absolute Gasteiger partial charge is 0.255 e. The van der Waals surface area contributed by atoms with Crippen LogP contribution in [0.25, 0.3) is 0 Å². The Morgan fingerprint density at radius 1 is 1.23 bits per heavy atom. The molecule has 0 fully saturated rings. The van der Waals surface area contributed by atoms with E-state index in [1.807, 2.05) is 55.1 Å². The topological polar surface area (TPSA) is 29.5 Å². The Bertz CT molecular complexity index is 725. The summed E-state index contributed by atoms with van der Waals surface area (Å²) in [4.78, 5) is 14.6. The predicted molar refractivity (Wildman–Crippen MR) is 87.5 cm³/mol. The maximum atomic E-state index is 12.8. The first-order valence-electron chi connectivity index (χ1n) is 7.25. The molecule has 0 saturated heterocycles. The number of methoxy groups -OCH3 is 1. The minimum absolute atomic E-state index is 0.00237. The highest BCUT2D eigenvalue weighted by Crippen LogP contribution is 2.35. The van der Waals surface area contributed by atoms with Crippen LogP contribution >= 0.6 is 11.6 Å². The zero-order valence-electron chi connectivity index (χ0n) is 12.9. The van der Waals surface area contributed by atoms with Crippen molar-refractivity contribution in [1.29, 1.82) is 0 Å². The highest BCUT2D eigenvalue weighted by Gasteiger charge is 2.33. The van der Waals surface area contributed by atoms with Crippen LogP contribution in [0.15, 0.2) is 36.4 Å². The van der Waals surface area contributed by atoms with Crippen molar-refractivity contribution in [3.8, 4) is 5.75 Å². The molecule has 1 heterocycles. The number of ether oxygens (including phenoxy) is 1. The summed E-state index contributed by atoms with van der Waals surface area (Å²) in [5.41, 5.74) is 3.88. The third-order valence-corrected chi connectivity index (χ3v) is 4.51. The molecule has 3 nitrogen and oxygen atoms in total. The largest absolute Gasteiger partial charge is 0.497 e. The molecule has 0 N–H and O–H groups in total. The molecule has 114 valence electrons. The van der Waals surface area contributed by atoms with Crippen LogP contribution in [0, 0.1) is 6.92 Å². The Labute approximate surface area is 135 Å². The number of carbonyl (C=O) groups is 1. The Morgan fingerprint density at radius 2 is 1.91 bits per heavy atom. The van der Waals surface area contributed by atoms with Gasteiger partial charge in [0.15, 0.2) is 0 Å². The van der Waals surface area contributed by atoms with E-state index in [0.29, 0.717) is 11.6 Å². The van der Waals surface area contributed by atoms with Gasteiger partial charge in [0.05, 0.1) is 13.2 Å². The molecular formula is C18H18ClNO2. The Morgan fingerprint density at radius 3 is 2.55 bits per heavy atom. The van der Waals surface area contributed by atoms with Gasteiger partial charge >= 0.3 is 0 Å². The Kier molecular flexibility index (Phi) is 3.83. The van der Waals surface area contributed by atoms with E-state index in [-0.39, 0.29) is 11.9 Å². The van der Waals surface area contributed by atoms with Crippen LogP contribution in [0.5, 0.6) is 5.75 Å². The summed E-state index contributed by atoms with van der Waals surface area (Å²) in [7, 11) is 1.64. The van der Waals surface area contributed by atoms with Crippen LogP contribution in [0.2, 0.25) is 5.02 Å². The first-order valence-corrected chi connectivity index (χ1v) is 7.63. The molecule has 0 radical (unpaired) electrons. The maximum absolute atomic E-state index is 12.8. The normalized spacial score (nSPS) is 14.9. The van der Waals surface area contributed by atoms with Crippen molar-refractivity contribution in [1.82, 2.24) is 4.90 Å². The summed E-state index contributed by atoms with van der Waals surface area (Å²) in [5, 5.41) is 0.701. The molecule has 1 amide bonds. The fourth-order valence-electron chi connectivity index (χ4n) is 3.01. The molecule has 1 aliphatic heterocycles. The number of fused-ring (bicyclic) bond motifs is 1. The summed E-state index contributed by atoms with van der Waals surface area (Å²) in [6.45, 7) is 4.60. The van der Waals surface area contributed by atoms with E-state index >= 15 is 0 Å². The van der Waals surface area contributed by atoms with Crippen molar-refractivity contribution in [2.45, 2.75) is 26.4 Å². The van der Waals surface area contributed by atoms with Crippen LogP contribution in [0.4, 0.5) is 0 Å². The van der Waals surface area contributed by atoms with Crippen molar-refractivity contribution in [3.05, 3.63) is 63.7 Å². The number of amides is 1. The third-order valence-electron chi connectivity index (χ3n) is 4.26. The number of halogens is 1. The monoisotopic (exact) mass is 315 g/mol. The summed E-state index contributed by atoms with van der Waals surface area (Å²) < 4.78 is 5.30. The number of nitrogens with zero attached hydrogens (tertiary/aromatic N) is 1. The molecule has 3 rings (SSSR count). The van der Waals surface area contributed by atoms with Gasteiger partial charge in [-0.2, -0.15) is 0 Å². The number of hydrogen-bond donors (Lipinski definition) is 0. The van der Waals surface area contributed by atoms with Crippen molar-refractivity contribution in [2.24, 2.45) is 0 Å². The summed E-state index contributed by atoms with van der Waals surface area (Å²) in [5.74, 6) is 0.877. The van der Waals surface area contributed by atoms with Gasteiger partial charge in [-0.3, -0.25) is 4.79 Å². The van der Waals surface area contributed by atoms with Gasteiger partial charge in [-0.15, -0.1) is 0 Å². The standard InChI is InChI=1S/C18H18ClNO2/c1-11-8-16(22-3)9-14-10-20(18(21)17(11)14)12(2)13-4-6-15(19)7-5-13/h4-9,12H,10H2,1-3H3/t12-/m0/s1. The molecule has 4 heteroatoms. The van der Waals surface area contributed by atoms with E-state index in [4.69, 9.17) is 16.3 Å². The molecule has 0 bridgehead atoms. The Balaban J connectivity index is 1.93. The molecule has 0 aliphatic carbocycles. The number of hydrogen-bond acceptors (Lipinski definition) is 2. The predicted octanol–water partition coefficient (Wildman–Crippen LogP) is 4.37. The lowest BCUT2D eigenvalue weighted by Crippen LogP contribution is -2.27. The average Bonchev–Trinajstić information content (AvgIpc) is 2.84. The fraction of sp³-hybridized carbons (Fsp3) is 0.278. The Hall–Kier alpha value is -2.00. The quantitative estimate of drug-likeness (QED) is 0.841. The van der Waals surface area contributed by atoms with Crippen LogP contribution in [-0.4, -0.2) is 17.9 Å². The van der Waals surface area contributed by atoms with Gasteiger partial charge in [0.25, 0.3) is 5.91 Å². The van der Waals surface area contributed by atoms with Crippen LogP contribution in [0.3, 0.4) is 0 Å². The second-order valence-corrected chi connectivity index (χ2v) is 6.08. The second kappa shape index (κ2) is 5.65. The fourth-order valence-corrected chi connectivity index (χ4v) is 3.13. The summed E-state index contributed by atoms with van der Waals surface area (Å²) in [6.07, 6.45) is 0. The molecule has 1 atom stereocenters. The van der Waals surface area contributed by atoms with Crippen LogP contribution < -0.4 is 4.74 Å². The zero-order chi connectivity index (χ0) is 15.9. The molecule has 0 saturated carbocycles. The highest BCUT2D eigenvalue weighted by atomic mass is 35.5. The van der Waals surface area contributed by atoms with Gasteiger partial charge in [0.1, 0.15) is 5.75 Å². The van der Waals surface area contributed by atoms with E-state index in [2.05, 4.69) is 0 Å². The van der Waals surface area contributed by atoms with Gasteiger partial charge in [-0.05, 0) is 54.8 Å². The average molecular weight is 316 g/mol. The van der Waals surface area contributed by atoms with Gasteiger partial charge in [-0.25, -0.2) is 0 Å². The molecule has 0 aromatic heterocycles. The first kappa shape index (κ1) is 14.9. The number of aryl methyl sites for hydroxylation is 1. The minimum atomic E-state index is 0.00237. The first-order chi connectivity index (χ1) is 10.5. The maximum Gasteiger partial charge on any atom is 0.255 e. The number of rotatable bonds is 3. The summed E-state index contributed by atoms with van der Waals surface area (Å²) >= 11 is 5.94. The zero-order valence-corrected chi connectivity index (χ0v) is 13.6. The molecular weight excluding hydrogens is 298 g/mol.